The lowest BCUT2D eigenvalue weighted by Crippen LogP contribution is -2.34. The van der Waals surface area contributed by atoms with Crippen molar-refractivity contribution in [3.63, 3.8) is 0 Å². The van der Waals surface area contributed by atoms with Crippen molar-refractivity contribution in [2.75, 3.05) is 0 Å². The normalized spacial score (nSPS) is 18.5. The largest absolute Gasteiger partial charge is 0.443 e. The third kappa shape index (κ3) is 4.69. The predicted octanol–water partition coefficient (Wildman–Crippen LogP) is 4.25. The molecule has 21 heavy (non-hydrogen) atoms. The summed E-state index contributed by atoms with van der Waals surface area (Å²) in [5.41, 5.74) is -0.150. The molecule has 2 rings (SSSR count). The van der Waals surface area contributed by atoms with Crippen molar-refractivity contribution >= 4 is 17.2 Å². The number of hydrogen-bond donors (Lipinski definition) is 1. The standard InChI is InChI=1S/C14H19F3N2OS/c1-9(7-10-5-3-2-4-6-10)18-12(20)11-8-21-13(19-11)14(15,16)17/h8-10H,2-7H2,1H3,(H,18,20)/t9-/m0/s1. The Morgan fingerprint density at radius 1 is 1.43 bits per heavy atom. The minimum absolute atomic E-state index is 0.0448. The number of carbonyl (C=O) groups excluding carboxylic acids is 1. The summed E-state index contributed by atoms with van der Waals surface area (Å²) in [5.74, 6) is 0.0836. The second-order valence-electron chi connectivity index (χ2n) is 5.65. The van der Waals surface area contributed by atoms with Crippen LogP contribution >= 0.6 is 11.3 Å². The summed E-state index contributed by atoms with van der Waals surface area (Å²) < 4.78 is 37.4. The first kappa shape index (κ1) is 16.3. The Morgan fingerprint density at radius 2 is 2.10 bits per heavy atom. The Balaban J connectivity index is 1.87. The van der Waals surface area contributed by atoms with Crippen LogP contribution in [-0.2, 0) is 6.18 Å². The van der Waals surface area contributed by atoms with Gasteiger partial charge < -0.3 is 5.32 Å². The zero-order chi connectivity index (χ0) is 15.5. The average molecular weight is 320 g/mol. The summed E-state index contributed by atoms with van der Waals surface area (Å²) in [4.78, 5) is 15.3. The molecule has 1 aliphatic carbocycles. The summed E-state index contributed by atoms with van der Waals surface area (Å²) in [6.45, 7) is 1.89. The topological polar surface area (TPSA) is 42.0 Å². The molecule has 0 spiro atoms. The molecule has 0 radical (unpaired) electrons. The number of nitrogens with zero attached hydrogens (tertiary/aromatic N) is 1. The quantitative estimate of drug-likeness (QED) is 0.901. The van der Waals surface area contributed by atoms with Crippen molar-refractivity contribution in [3.8, 4) is 0 Å². The molecule has 0 unspecified atom stereocenters. The second-order valence-corrected chi connectivity index (χ2v) is 6.51. The molecule has 0 aromatic carbocycles. The van der Waals surface area contributed by atoms with Gasteiger partial charge in [-0.1, -0.05) is 32.1 Å². The van der Waals surface area contributed by atoms with E-state index in [4.69, 9.17) is 0 Å². The van der Waals surface area contributed by atoms with Gasteiger partial charge in [-0.3, -0.25) is 4.79 Å². The van der Waals surface area contributed by atoms with Crippen LogP contribution < -0.4 is 5.32 Å². The Bertz CT molecular complexity index is 481. The Labute approximate surface area is 126 Å². The molecular formula is C14H19F3N2OS. The molecule has 1 aromatic heterocycles. The molecular weight excluding hydrogens is 301 g/mol. The van der Waals surface area contributed by atoms with Crippen molar-refractivity contribution in [2.24, 2.45) is 5.92 Å². The van der Waals surface area contributed by atoms with Crippen molar-refractivity contribution in [3.05, 3.63) is 16.1 Å². The molecule has 1 fully saturated rings. The molecule has 0 saturated heterocycles. The lowest BCUT2D eigenvalue weighted by atomic mass is 9.85. The fourth-order valence-electron chi connectivity index (χ4n) is 2.79. The SMILES string of the molecule is C[C@@H](CC1CCCCC1)NC(=O)c1csc(C(F)(F)F)n1. The Kier molecular flexibility index (Phi) is 5.24. The van der Waals surface area contributed by atoms with Gasteiger partial charge in [-0.15, -0.1) is 11.3 Å². The third-order valence-electron chi connectivity index (χ3n) is 3.77. The molecule has 3 nitrogen and oxygen atoms in total. The first-order valence-electron chi connectivity index (χ1n) is 7.20. The summed E-state index contributed by atoms with van der Waals surface area (Å²) in [6, 6.07) is -0.0448. The highest BCUT2D eigenvalue weighted by atomic mass is 32.1. The molecule has 0 bridgehead atoms. The number of carbonyl (C=O) groups is 1. The number of thiazole rings is 1. The van der Waals surface area contributed by atoms with Crippen LogP contribution in [0.3, 0.4) is 0 Å². The van der Waals surface area contributed by atoms with E-state index in [-0.39, 0.29) is 11.7 Å². The second kappa shape index (κ2) is 6.77. The van der Waals surface area contributed by atoms with Gasteiger partial charge >= 0.3 is 6.18 Å². The fraction of sp³-hybridized carbons (Fsp3) is 0.714. The van der Waals surface area contributed by atoms with E-state index >= 15 is 0 Å². The molecule has 118 valence electrons. The number of hydrogen-bond acceptors (Lipinski definition) is 3. The van der Waals surface area contributed by atoms with E-state index in [1.54, 1.807) is 0 Å². The maximum Gasteiger partial charge on any atom is 0.443 e. The van der Waals surface area contributed by atoms with E-state index in [1.165, 1.54) is 32.1 Å². The number of amides is 1. The zero-order valence-electron chi connectivity index (χ0n) is 11.9. The third-order valence-corrected chi connectivity index (χ3v) is 4.66. The lowest BCUT2D eigenvalue weighted by molar-refractivity contribution is -0.137. The van der Waals surface area contributed by atoms with Gasteiger partial charge in [-0.05, 0) is 19.3 Å². The molecule has 1 aliphatic rings. The summed E-state index contributed by atoms with van der Waals surface area (Å²) in [6.07, 6.45) is 2.47. The van der Waals surface area contributed by atoms with Gasteiger partial charge in [-0.25, -0.2) is 4.98 Å². The van der Waals surface area contributed by atoms with Gasteiger partial charge in [0.05, 0.1) is 0 Å². The smallest absolute Gasteiger partial charge is 0.348 e. The fourth-order valence-corrected chi connectivity index (χ4v) is 3.46. The van der Waals surface area contributed by atoms with Crippen molar-refractivity contribution < 1.29 is 18.0 Å². The van der Waals surface area contributed by atoms with Crippen molar-refractivity contribution in [2.45, 2.75) is 57.7 Å². The van der Waals surface area contributed by atoms with Gasteiger partial charge in [0.1, 0.15) is 5.69 Å². The first-order chi connectivity index (χ1) is 9.86. The molecule has 1 N–H and O–H groups in total. The van der Waals surface area contributed by atoms with Crippen LogP contribution in [-0.4, -0.2) is 16.9 Å². The van der Waals surface area contributed by atoms with Gasteiger partial charge in [-0.2, -0.15) is 13.2 Å². The summed E-state index contributed by atoms with van der Waals surface area (Å²) >= 11 is 0.451. The minimum atomic E-state index is -4.49. The van der Waals surface area contributed by atoms with Crippen LogP contribution in [0.25, 0.3) is 0 Å². The van der Waals surface area contributed by atoms with Gasteiger partial charge in [0.2, 0.25) is 0 Å². The molecule has 0 aliphatic heterocycles. The maximum atomic E-state index is 12.5. The summed E-state index contributed by atoms with van der Waals surface area (Å²) in [5, 5.41) is 2.93. The number of aromatic nitrogens is 1. The summed E-state index contributed by atoms with van der Waals surface area (Å²) in [7, 11) is 0. The van der Waals surface area contributed by atoms with Crippen molar-refractivity contribution in [1.82, 2.24) is 10.3 Å². The predicted molar refractivity (Wildman–Crippen MR) is 75.2 cm³/mol. The van der Waals surface area contributed by atoms with E-state index in [1.807, 2.05) is 6.92 Å². The maximum absolute atomic E-state index is 12.5. The van der Waals surface area contributed by atoms with Crippen molar-refractivity contribution in [1.29, 1.82) is 0 Å². The molecule has 1 atom stereocenters. The molecule has 1 amide bonds. The van der Waals surface area contributed by atoms with E-state index in [0.717, 1.165) is 11.8 Å². The van der Waals surface area contributed by atoms with Crippen LogP contribution in [0.2, 0.25) is 0 Å². The molecule has 7 heteroatoms. The molecule has 1 aromatic rings. The monoisotopic (exact) mass is 320 g/mol. The van der Waals surface area contributed by atoms with E-state index in [9.17, 15) is 18.0 Å². The van der Waals surface area contributed by atoms with Gasteiger partial charge in [0.25, 0.3) is 5.91 Å². The first-order valence-corrected chi connectivity index (χ1v) is 8.08. The highest BCUT2D eigenvalue weighted by Gasteiger charge is 2.35. The lowest BCUT2D eigenvalue weighted by Gasteiger charge is -2.24. The minimum Gasteiger partial charge on any atom is -0.348 e. The van der Waals surface area contributed by atoms with Crippen LogP contribution in [0.5, 0.6) is 0 Å². The van der Waals surface area contributed by atoms with E-state index in [2.05, 4.69) is 10.3 Å². The average Bonchev–Trinajstić information content (AvgIpc) is 2.89. The van der Waals surface area contributed by atoms with Crippen LogP contribution in [0.15, 0.2) is 5.38 Å². The number of alkyl halides is 3. The Morgan fingerprint density at radius 3 is 2.67 bits per heavy atom. The number of nitrogens with one attached hydrogen (secondary N) is 1. The number of rotatable bonds is 4. The highest BCUT2D eigenvalue weighted by Crippen LogP contribution is 2.31. The highest BCUT2D eigenvalue weighted by molar-refractivity contribution is 7.09. The van der Waals surface area contributed by atoms with Gasteiger partial charge in [0, 0.05) is 11.4 Å². The molecule has 1 saturated carbocycles. The van der Waals surface area contributed by atoms with Crippen LogP contribution in [0.4, 0.5) is 13.2 Å². The number of halogens is 3. The van der Waals surface area contributed by atoms with E-state index < -0.39 is 17.1 Å². The Hall–Kier alpha value is -1.11. The van der Waals surface area contributed by atoms with Crippen LogP contribution in [0.1, 0.15) is 60.9 Å². The molecule has 1 heterocycles. The van der Waals surface area contributed by atoms with E-state index in [0.29, 0.717) is 17.3 Å². The van der Waals surface area contributed by atoms with Gasteiger partial charge in [0.15, 0.2) is 5.01 Å². The zero-order valence-corrected chi connectivity index (χ0v) is 12.7. The van der Waals surface area contributed by atoms with Crippen LogP contribution in [0, 0.1) is 5.92 Å².